The first-order valence-electron chi connectivity index (χ1n) is 4.13. The summed E-state index contributed by atoms with van der Waals surface area (Å²) in [6.07, 6.45) is 1.61. The van der Waals surface area contributed by atoms with Gasteiger partial charge in [-0.2, -0.15) is 5.10 Å². The number of carbonyl (C=O) groups excluding carboxylic acids is 1. The summed E-state index contributed by atoms with van der Waals surface area (Å²) in [5.41, 5.74) is 3.05. The van der Waals surface area contributed by atoms with Gasteiger partial charge in [0.25, 0.3) is 0 Å². The molecule has 0 unspecified atom stereocenters. The van der Waals surface area contributed by atoms with Gasteiger partial charge in [0.15, 0.2) is 0 Å². The Morgan fingerprint density at radius 3 is 2.86 bits per heavy atom. The summed E-state index contributed by atoms with van der Waals surface area (Å²) in [4.78, 5) is 16.7. The SMILES string of the molecule is Cc1ncsc1C(=O)c1ccnn1C. The van der Waals surface area contributed by atoms with E-state index >= 15 is 0 Å². The van der Waals surface area contributed by atoms with Gasteiger partial charge in [0, 0.05) is 13.2 Å². The van der Waals surface area contributed by atoms with Gasteiger partial charge < -0.3 is 0 Å². The molecule has 0 fully saturated rings. The summed E-state index contributed by atoms with van der Waals surface area (Å²) in [7, 11) is 1.75. The molecule has 0 saturated carbocycles. The van der Waals surface area contributed by atoms with Crippen molar-refractivity contribution in [1.29, 1.82) is 0 Å². The van der Waals surface area contributed by atoms with Gasteiger partial charge in [0.05, 0.1) is 16.1 Å². The van der Waals surface area contributed by atoms with Gasteiger partial charge in [-0.15, -0.1) is 11.3 Å². The molecule has 2 aromatic heterocycles. The molecule has 72 valence electrons. The third-order valence-corrected chi connectivity index (χ3v) is 2.93. The van der Waals surface area contributed by atoms with Gasteiger partial charge in [-0.05, 0) is 13.0 Å². The standard InChI is InChI=1S/C9H9N3OS/c1-6-9(14-5-10-6)8(13)7-3-4-11-12(7)2/h3-5H,1-2H3. The number of ketones is 1. The van der Waals surface area contributed by atoms with Crippen LogP contribution in [-0.2, 0) is 7.05 Å². The van der Waals surface area contributed by atoms with Crippen molar-refractivity contribution in [2.75, 3.05) is 0 Å². The fraction of sp³-hybridized carbons (Fsp3) is 0.222. The Kier molecular flexibility index (Phi) is 2.17. The average Bonchev–Trinajstić information content (AvgIpc) is 2.73. The lowest BCUT2D eigenvalue weighted by Crippen LogP contribution is -2.07. The Labute approximate surface area is 85.2 Å². The highest BCUT2D eigenvalue weighted by atomic mass is 32.1. The highest BCUT2D eigenvalue weighted by Gasteiger charge is 2.16. The van der Waals surface area contributed by atoms with Crippen LogP contribution in [0.25, 0.3) is 0 Å². The van der Waals surface area contributed by atoms with E-state index in [-0.39, 0.29) is 5.78 Å². The summed E-state index contributed by atoms with van der Waals surface area (Å²) >= 11 is 1.36. The lowest BCUT2D eigenvalue weighted by atomic mass is 10.2. The zero-order valence-electron chi connectivity index (χ0n) is 7.89. The maximum absolute atomic E-state index is 11.9. The van der Waals surface area contributed by atoms with Gasteiger partial charge in [-0.3, -0.25) is 9.48 Å². The number of hydrogen-bond acceptors (Lipinski definition) is 4. The van der Waals surface area contributed by atoms with Crippen molar-refractivity contribution < 1.29 is 4.79 Å². The highest BCUT2D eigenvalue weighted by molar-refractivity contribution is 7.12. The molecule has 0 atom stereocenters. The quantitative estimate of drug-likeness (QED) is 0.700. The summed E-state index contributed by atoms with van der Waals surface area (Å²) in [6.45, 7) is 1.83. The molecule has 2 aromatic rings. The monoisotopic (exact) mass is 207 g/mol. The molecule has 0 aromatic carbocycles. The van der Waals surface area contributed by atoms with Crippen LogP contribution in [0.1, 0.15) is 21.1 Å². The maximum atomic E-state index is 11.9. The van der Waals surface area contributed by atoms with E-state index in [4.69, 9.17) is 0 Å². The van der Waals surface area contributed by atoms with Crippen LogP contribution in [0.4, 0.5) is 0 Å². The Morgan fingerprint density at radius 1 is 1.57 bits per heavy atom. The van der Waals surface area contributed by atoms with Crippen molar-refractivity contribution in [1.82, 2.24) is 14.8 Å². The Bertz CT molecular complexity index is 430. The topological polar surface area (TPSA) is 47.8 Å². The van der Waals surface area contributed by atoms with Crippen LogP contribution in [-0.4, -0.2) is 20.5 Å². The van der Waals surface area contributed by atoms with Crippen LogP contribution >= 0.6 is 11.3 Å². The van der Waals surface area contributed by atoms with Gasteiger partial charge in [-0.25, -0.2) is 4.98 Å². The maximum Gasteiger partial charge on any atom is 0.222 e. The zero-order valence-corrected chi connectivity index (χ0v) is 8.71. The molecule has 2 rings (SSSR count). The average molecular weight is 207 g/mol. The second-order valence-electron chi connectivity index (χ2n) is 2.94. The molecular weight excluding hydrogens is 198 g/mol. The molecule has 0 aliphatic carbocycles. The molecular formula is C9H9N3OS. The number of aryl methyl sites for hydroxylation is 2. The van der Waals surface area contributed by atoms with Crippen molar-refractivity contribution in [3.05, 3.63) is 34.0 Å². The minimum atomic E-state index is -0.00926. The van der Waals surface area contributed by atoms with E-state index in [0.717, 1.165) is 5.69 Å². The number of aromatic nitrogens is 3. The Morgan fingerprint density at radius 2 is 2.36 bits per heavy atom. The van der Waals surface area contributed by atoms with E-state index in [1.54, 1.807) is 29.5 Å². The Balaban J connectivity index is 2.44. The third-order valence-electron chi connectivity index (χ3n) is 2.01. The molecule has 0 spiro atoms. The van der Waals surface area contributed by atoms with Gasteiger partial charge in [-0.1, -0.05) is 0 Å². The number of hydrogen-bond donors (Lipinski definition) is 0. The van der Waals surface area contributed by atoms with Crippen LogP contribution < -0.4 is 0 Å². The summed E-state index contributed by atoms with van der Waals surface area (Å²) in [5, 5.41) is 3.96. The molecule has 0 N–H and O–H groups in total. The predicted molar refractivity (Wildman–Crippen MR) is 53.5 cm³/mol. The fourth-order valence-corrected chi connectivity index (χ4v) is 1.98. The van der Waals surface area contributed by atoms with Crippen molar-refractivity contribution in [2.45, 2.75) is 6.92 Å². The second-order valence-corrected chi connectivity index (χ2v) is 3.79. The zero-order chi connectivity index (χ0) is 10.1. The first-order chi connectivity index (χ1) is 6.70. The van der Waals surface area contributed by atoms with Crippen LogP contribution in [0.2, 0.25) is 0 Å². The Hall–Kier alpha value is -1.49. The normalized spacial score (nSPS) is 10.4. The smallest absolute Gasteiger partial charge is 0.222 e. The first kappa shape index (κ1) is 9.08. The van der Waals surface area contributed by atoms with E-state index in [9.17, 15) is 4.79 Å². The molecule has 0 aliphatic heterocycles. The molecule has 0 amide bonds. The minimum absolute atomic E-state index is 0.00926. The van der Waals surface area contributed by atoms with Crippen LogP contribution in [0, 0.1) is 6.92 Å². The van der Waals surface area contributed by atoms with Crippen molar-refractivity contribution in [3.8, 4) is 0 Å². The van der Waals surface area contributed by atoms with Crippen LogP contribution in [0.3, 0.4) is 0 Å². The van der Waals surface area contributed by atoms with E-state index in [1.165, 1.54) is 11.3 Å². The van der Waals surface area contributed by atoms with Gasteiger partial charge in [0.2, 0.25) is 5.78 Å². The number of nitrogens with zero attached hydrogens (tertiary/aromatic N) is 3. The van der Waals surface area contributed by atoms with Crippen LogP contribution in [0.15, 0.2) is 17.8 Å². The molecule has 0 aliphatic rings. The number of thiazole rings is 1. The molecule has 14 heavy (non-hydrogen) atoms. The first-order valence-corrected chi connectivity index (χ1v) is 5.01. The van der Waals surface area contributed by atoms with Crippen molar-refractivity contribution in [3.63, 3.8) is 0 Å². The molecule has 0 bridgehead atoms. The van der Waals surface area contributed by atoms with Crippen LogP contribution in [0.5, 0.6) is 0 Å². The summed E-state index contributed by atoms with van der Waals surface area (Å²) in [5.74, 6) is -0.00926. The minimum Gasteiger partial charge on any atom is -0.286 e. The summed E-state index contributed by atoms with van der Waals surface area (Å²) < 4.78 is 1.57. The lowest BCUT2D eigenvalue weighted by molar-refractivity contribution is 0.103. The van der Waals surface area contributed by atoms with E-state index < -0.39 is 0 Å². The van der Waals surface area contributed by atoms with E-state index in [0.29, 0.717) is 10.6 Å². The lowest BCUT2D eigenvalue weighted by Gasteiger charge is -1.98. The van der Waals surface area contributed by atoms with Crippen molar-refractivity contribution >= 4 is 17.1 Å². The second kappa shape index (κ2) is 3.34. The molecule has 5 heteroatoms. The van der Waals surface area contributed by atoms with E-state index in [1.807, 2.05) is 6.92 Å². The van der Waals surface area contributed by atoms with Crippen molar-refractivity contribution in [2.24, 2.45) is 7.05 Å². The predicted octanol–water partition coefficient (Wildman–Crippen LogP) is 1.42. The molecule has 2 heterocycles. The number of rotatable bonds is 2. The van der Waals surface area contributed by atoms with Gasteiger partial charge >= 0.3 is 0 Å². The largest absolute Gasteiger partial charge is 0.286 e. The molecule has 0 saturated heterocycles. The molecule has 0 radical (unpaired) electrons. The van der Waals surface area contributed by atoms with E-state index in [2.05, 4.69) is 10.1 Å². The summed E-state index contributed by atoms with van der Waals surface area (Å²) in [6, 6.07) is 1.71. The fourth-order valence-electron chi connectivity index (χ4n) is 1.23. The number of carbonyl (C=O) groups is 1. The highest BCUT2D eigenvalue weighted by Crippen LogP contribution is 2.16. The molecule has 4 nitrogen and oxygen atoms in total. The third kappa shape index (κ3) is 1.35. The van der Waals surface area contributed by atoms with Gasteiger partial charge in [0.1, 0.15) is 5.69 Å².